The molecule has 6 heteroatoms. The zero-order valence-electron chi connectivity index (χ0n) is 15.7. The van der Waals surface area contributed by atoms with Crippen LogP contribution >= 0.6 is 15.9 Å². The standard InChI is InChI=1S/C21H25BrN2O3/c1-3-5-12-23-21(26)16-8-6-7-9-18(16)24-20(25)14-27-19-11-10-15(4-2)13-17(19)22/h6-11,13H,3-5,12,14H2,1-2H3,(H,23,26)(H,24,25). The molecular weight excluding hydrogens is 408 g/mol. The van der Waals surface area contributed by atoms with Gasteiger partial charge in [-0.05, 0) is 58.6 Å². The number of aryl methyl sites for hydroxylation is 1. The minimum atomic E-state index is -0.324. The van der Waals surface area contributed by atoms with E-state index in [9.17, 15) is 9.59 Å². The molecule has 0 fully saturated rings. The lowest BCUT2D eigenvalue weighted by Crippen LogP contribution is -2.27. The van der Waals surface area contributed by atoms with E-state index in [1.54, 1.807) is 24.3 Å². The number of carbonyl (C=O) groups excluding carboxylic acids is 2. The van der Waals surface area contributed by atoms with Gasteiger partial charge in [-0.25, -0.2) is 0 Å². The molecule has 0 saturated heterocycles. The summed E-state index contributed by atoms with van der Waals surface area (Å²) in [7, 11) is 0. The van der Waals surface area contributed by atoms with Gasteiger partial charge in [-0.1, -0.05) is 38.5 Å². The maximum Gasteiger partial charge on any atom is 0.262 e. The zero-order chi connectivity index (χ0) is 19.6. The second-order valence-electron chi connectivity index (χ2n) is 6.11. The summed E-state index contributed by atoms with van der Waals surface area (Å²) in [6.45, 7) is 4.61. The molecule has 0 heterocycles. The van der Waals surface area contributed by atoms with Gasteiger partial charge in [0.2, 0.25) is 0 Å². The van der Waals surface area contributed by atoms with E-state index in [4.69, 9.17) is 4.74 Å². The number of unbranched alkanes of at least 4 members (excludes halogenated alkanes) is 1. The third kappa shape index (κ3) is 6.40. The molecule has 0 bridgehead atoms. The number of para-hydroxylation sites is 1. The average Bonchev–Trinajstić information content (AvgIpc) is 2.67. The number of anilines is 1. The molecule has 0 atom stereocenters. The first-order valence-electron chi connectivity index (χ1n) is 9.13. The van der Waals surface area contributed by atoms with Crippen LogP contribution in [0.2, 0.25) is 0 Å². The zero-order valence-corrected chi connectivity index (χ0v) is 17.3. The molecule has 144 valence electrons. The minimum Gasteiger partial charge on any atom is -0.483 e. The monoisotopic (exact) mass is 432 g/mol. The molecule has 2 aromatic carbocycles. The van der Waals surface area contributed by atoms with E-state index in [-0.39, 0.29) is 18.4 Å². The number of hydrogen-bond acceptors (Lipinski definition) is 3. The van der Waals surface area contributed by atoms with Gasteiger partial charge in [-0.2, -0.15) is 0 Å². The second-order valence-corrected chi connectivity index (χ2v) is 6.96. The Bertz CT molecular complexity index is 793. The van der Waals surface area contributed by atoms with E-state index in [2.05, 4.69) is 40.4 Å². The Morgan fingerprint density at radius 2 is 1.89 bits per heavy atom. The van der Waals surface area contributed by atoms with E-state index in [0.717, 1.165) is 23.7 Å². The summed E-state index contributed by atoms with van der Waals surface area (Å²) in [6, 6.07) is 12.7. The summed E-state index contributed by atoms with van der Waals surface area (Å²) in [5, 5.41) is 5.62. The predicted octanol–water partition coefficient (Wildman–Crippen LogP) is 4.56. The third-order valence-corrected chi connectivity index (χ3v) is 4.64. The Kier molecular flexibility index (Phi) is 8.33. The first-order chi connectivity index (χ1) is 13.0. The van der Waals surface area contributed by atoms with Gasteiger partial charge in [-0.15, -0.1) is 0 Å². The summed E-state index contributed by atoms with van der Waals surface area (Å²) in [5.41, 5.74) is 2.10. The average molecular weight is 433 g/mol. The van der Waals surface area contributed by atoms with Gasteiger partial charge >= 0.3 is 0 Å². The molecule has 0 aliphatic rings. The van der Waals surface area contributed by atoms with Crippen LogP contribution in [0.25, 0.3) is 0 Å². The van der Waals surface area contributed by atoms with Crippen molar-refractivity contribution in [2.75, 3.05) is 18.5 Å². The Hall–Kier alpha value is -2.34. The second kappa shape index (κ2) is 10.7. The molecule has 27 heavy (non-hydrogen) atoms. The van der Waals surface area contributed by atoms with Crippen molar-refractivity contribution in [3.8, 4) is 5.75 Å². The van der Waals surface area contributed by atoms with Crippen molar-refractivity contribution in [2.24, 2.45) is 0 Å². The first-order valence-corrected chi connectivity index (χ1v) is 9.92. The molecule has 2 rings (SSSR count). The quantitative estimate of drug-likeness (QED) is 0.570. The van der Waals surface area contributed by atoms with Crippen LogP contribution in [0.4, 0.5) is 5.69 Å². The predicted molar refractivity (Wildman–Crippen MR) is 111 cm³/mol. The summed E-state index contributed by atoms with van der Waals surface area (Å²) in [5.74, 6) is 0.0846. The molecule has 2 N–H and O–H groups in total. The van der Waals surface area contributed by atoms with Crippen LogP contribution in [-0.4, -0.2) is 25.0 Å². The van der Waals surface area contributed by atoms with E-state index >= 15 is 0 Å². The van der Waals surface area contributed by atoms with Gasteiger partial charge in [0.1, 0.15) is 5.75 Å². The maximum absolute atomic E-state index is 12.3. The van der Waals surface area contributed by atoms with Crippen molar-refractivity contribution >= 4 is 33.4 Å². The molecule has 5 nitrogen and oxygen atoms in total. The molecular formula is C21H25BrN2O3. The third-order valence-electron chi connectivity index (χ3n) is 4.02. The van der Waals surface area contributed by atoms with Crippen molar-refractivity contribution in [1.82, 2.24) is 5.32 Å². The van der Waals surface area contributed by atoms with Crippen LogP contribution < -0.4 is 15.4 Å². The van der Waals surface area contributed by atoms with E-state index in [1.165, 1.54) is 5.56 Å². The van der Waals surface area contributed by atoms with Gasteiger partial charge in [0, 0.05) is 6.54 Å². The van der Waals surface area contributed by atoms with E-state index in [0.29, 0.717) is 23.5 Å². The number of amides is 2. The van der Waals surface area contributed by atoms with Gasteiger partial charge < -0.3 is 15.4 Å². The van der Waals surface area contributed by atoms with Crippen molar-refractivity contribution in [3.05, 3.63) is 58.1 Å². The van der Waals surface area contributed by atoms with Crippen LogP contribution in [0.15, 0.2) is 46.9 Å². The summed E-state index contributed by atoms with van der Waals surface area (Å²) < 4.78 is 6.40. The smallest absolute Gasteiger partial charge is 0.262 e. The lowest BCUT2D eigenvalue weighted by Gasteiger charge is -2.12. The number of nitrogens with one attached hydrogen (secondary N) is 2. The summed E-state index contributed by atoms with van der Waals surface area (Å²) >= 11 is 3.46. The summed E-state index contributed by atoms with van der Waals surface area (Å²) in [6.07, 6.45) is 2.85. The largest absolute Gasteiger partial charge is 0.483 e. The van der Waals surface area contributed by atoms with Gasteiger partial charge in [0.15, 0.2) is 6.61 Å². The maximum atomic E-state index is 12.3. The van der Waals surface area contributed by atoms with Crippen LogP contribution in [0.1, 0.15) is 42.6 Å². The van der Waals surface area contributed by atoms with Gasteiger partial charge in [0.05, 0.1) is 15.7 Å². The topological polar surface area (TPSA) is 67.4 Å². The Morgan fingerprint density at radius 3 is 2.59 bits per heavy atom. The first kappa shape index (κ1) is 21.0. The van der Waals surface area contributed by atoms with Gasteiger partial charge in [0.25, 0.3) is 11.8 Å². The molecule has 0 saturated carbocycles. The molecule has 0 spiro atoms. The van der Waals surface area contributed by atoms with Crippen LogP contribution in [0, 0.1) is 0 Å². The van der Waals surface area contributed by atoms with Crippen molar-refractivity contribution in [2.45, 2.75) is 33.1 Å². The Morgan fingerprint density at radius 1 is 1.11 bits per heavy atom. The summed E-state index contributed by atoms with van der Waals surface area (Å²) in [4.78, 5) is 24.6. The van der Waals surface area contributed by atoms with Crippen molar-refractivity contribution < 1.29 is 14.3 Å². The number of hydrogen-bond donors (Lipinski definition) is 2. The highest BCUT2D eigenvalue weighted by atomic mass is 79.9. The van der Waals surface area contributed by atoms with Crippen molar-refractivity contribution in [1.29, 1.82) is 0 Å². The number of halogens is 1. The number of carbonyl (C=O) groups is 2. The highest BCUT2D eigenvalue weighted by Crippen LogP contribution is 2.26. The van der Waals surface area contributed by atoms with E-state index < -0.39 is 0 Å². The van der Waals surface area contributed by atoms with Crippen LogP contribution in [0.3, 0.4) is 0 Å². The number of ether oxygens (including phenoxy) is 1. The number of rotatable bonds is 9. The van der Waals surface area contributed by atoms with Crippen LogP contribution in [0.5, 0.6) is 5.75 Å². The molecule has 0 aliphatic carbocycles. The fourth-order valence-corrected chi connectivity index (χ4v) is 3.02. The molecule has 0 aliphatic heterocycles. The van der Waals surface area contributed by atoms with Gasteiger partial charge in [-0.3, -0.25) is 9.59 Å². The SMILES string of the molecule is CCCCNC(=O)c1ccccc1NC(=O)COc1ccc(CC)cc1Br. The molecule has 0 radical (unpaired) electrons. The molecule has 0 unspecified atom stereocenters. The fourth-order valence-electron chi connectivity index (χ4n) is 2.47. The fraction of sp³-hybridized carbons (Fsp3) is 0.333. The minimum absolute atomic E-state index is 0.143. The normalized spacial score (nSPS) is 10.3. The highest BCUT2D eigenvalue weighted by Gasteiger charge is 2.13. The lowest BCUT2D eigenvalue weighted by atomic mass is 10.1. The van der Waals surface area contributed by atoms with Crippen molar-refractivity contribution in [3.63, 3.8) is 0 Å². The number of benzene rings is 2. The Labute approximate surface area is 168 Å². The lowest BCUT2D eigenvalue weighted by molar-refractivity contribution is -0.118. The highest BCUT2D eigenvalue weighted by molar-refractivity contribution is 9.10. The molecule has 0 aromatic heterocycles. The molecule has 2 aromatic rings. The molecule has 2 amide bonds. The van der Waals surface area contributed by atoms with E-state index in [1.807, 2.05) is 18.2 Å². The Balaban J connectivity index is 1.96. The van der Waals surface area contributed by atoms with Crippen LogP contribution in [-0.2, 0) is 11.2 Å².